The number of nitrogens with one attached hydrogen (secondary N) is 1. The minimum Gasteiger partial charge on any atom is -0.356 e. The van der Waals surface area contributed by atoms with Crippen molar-refractivity contribution >= 4 is 27.8 Å². The summed E-state index contributed by atoms with van der Waals surface area (Å²) < 4.78 is 0. The third-order valence-corrected chi connectivity index (χ3v) is 6.09. The molecule has 1 fully saturated rings. The summed E-state index contributed by atoms with van der Waals surface area (Å²) in [7, 11) is 0. The Morgan fingerprint density at radius 3 is 2.42 bits per heavy atom. The van der Waals surface area contributed by atoms with E-state index >= 15 is 0 Å². The number of piperidine rings is 1. The van der Waals surface area contributed by atoms with E-state index in [0.29, 0.717) is 5.92 Å². The van der Waals surface area contributed by atoms with Gasteiger partial charge in [-0.05, 0) is 49.2 Å². The molecule has 31 heavy (non-hydrogen) atoms. The Bertz CT molecular complexity index is 1320. The second kappa shape index (κ2) is 7.47. The molecule has 3 aromatic heterocycles. The number of hydrogen-bond acceptors (Lipinski definition) is 5. The van der Waals surface area contributed by atoms with E-state index in [9.17, 15) is 0 Å². The highest BCUT2D eigenvalue weighted by Gasteiger charge is 2.25. The van der Waals surface area contributed by atoms with Crippen LogP contribution in [0.5, 0.6) is 0 Å². The van der Waals surface area contributed by atoms with Crippen LogP contribution >= 0.6 is 0 Å². The average molecular weight is 406 g/mol. The Morgan fingerprint density at radius 2 is 1.61 bits per heavy atom. The van der Waals surface area contributed by atoms with Crippen LogP contribution in [-0.2, 0) is 0 Å². The van der Waals surface area contributed by atoms with Crippen molar-refractivity contribution in [1.82, 2.24) is 24.9 Å². The molecule has 0 saturated carbocycles. The summed E-state index contributed by atoms with van der Waals surface area (Å²) in [5, 5.41) is 1.09. The molecule has 0 spiro atoms. The van der Waals surface area contributed by atoms with Gasteiger partial charge in [0.1, 0.15) is 11.6 Å². The van der Waals surface area contributed by atoms with Crippen molar-refractivity contribution < 1.29 is 0 Å². The Hall–Kier alpha value is -3.80. The average Bonchev–Trinajstić information content (AvgIpc) is 3.28. The molecule has 4 heterocycles. The smallest absolute Gasteiger partial charge is 0.163 e. The van der Waals surface area contributed by atoms with Gasteiger partial charge in [-0.1, -0.05) is 24.3 Å². The van der Waals surface area contributed by atoms with Gasteiger partial charge in [0.25, 0.3) is 0 Å². The predicted molar refractivity (Wildman–Crippen MR) is 123 cm³/mol. The van der Waals surface area contributed by atoms with Crippen LogP contribution in [0, 0.1) is 0 Å². The third-order valence-electron chi connectivity index (χ3n) is 6.09. The number of aromatic nitrogens is 5. The van der Waals surface area contributed by atoms with Crippen LogP contribution in [0.2, 0.25) is 0 Å². The molecule has 6 nitrogen and oxygen atoms in total. The first-order valence-corrected chi connectivity index (χ1v) is 10.7. The number of rotatable bonds is 3. The number of H-pyrrole nitrogens is 1. The lowest BCUT2D eigenvalue weighted by molar-refractivity contribution is 0.488. The number of nitrogens with zero attached hydrogens (tertiary/aromatic N) is 5. The van der Waals surface area contributed by atoms with Gasteiger partial charge < -0.3 is 9.88 Å². The van der Waals surface area contributed by atoms with E-state index in [1.165, 1.54) is 0 Å². The number of para-hydroxylation sites is 3. The van der Waals surface area contributed by atoms with Crippen LogP contribution in [0.3, 0.4) is 0 Å². The van der Waals surface area contributed by atoms with Gasteiger partial charge in [-0.3, -0.25) is 4.98 Å². The fourth-order valence-electron chi connectivity index (χ4n) is 4.46. The van der Waals surface area contributed by atoms with Crippen LogP contribution in [0.15, 0.2) is 73.1 Å². The Balaban J connectivity index is 1.31. The Labute approximate surface area is 180 Å². The minimum atomic E-state index is 0.439. The zero-order chi connectivity index (χ0) is 20.6. The SMILES string of the molecule is c1cncc(-c2nc(N3CCC(c4nc5ccccc5[nH]4)CC3)c3ccccc3n2)c1. The Morgan fingerprint density at radius 1 is 0.806 bits per heavy atom. The van der Waals surface area contributed by atoms with Crippen molar-refractivity contribution in [2.24, 2.45) is 0 Å². The summed E-state index contributed by atoms with van der Waals surface area (Å²) in [6, 6.07) is 20.4. The van der Waals surface area contributed by atoms with E-state index in [1.807, 2.05) is 36.5 Å². The first-order chi connectivity index (χ1) is 15.3. The molecular weight excluding hydrogens is 384 g/mol. The number of anilines is 1. The van der Waals surface area contributed by atoms with Gasteiger partial charge in [-0.25, -0.2) is 15.0 Å². The molecular formula is C25H22N6. The van der Waals surface area contributed by atoms with E-state index in [0.717, 1.165) is 70.9 Å². The summed E-state index contributed by atoms with van der Waals surface area (Å²) in [6.07, 6.45) is 5.68. The lowest BCUT2D eigenvalue weighted by Crippen LogP contribution is -2.34. The lowest BCUT2D eigenvalue weighted by Gasteiger charge is -2.32. The van der Waals surface area contributed by atoms with Gasteiger partial charge in [0.2, 0.25) is 0 Å². The molecule has 2 aromatic carbocycles. The topological polar surface area (TPSA) is 70.6 Å². The molecule has 5 aromatic rings. The number of fused-ring (bicyclic) bond motifs is 2. The molecule has 0 aliphatic carbocycles. The van der Waals surface area contributed by atoms with Crippen molar-refractivity contribution in [3.63, 3.8) is 0 Å². The molecule has 6 rings (SSSR count). The molecule has 1 saturated heterocycles. The zero-order valence-corrected chi connectivity index (χ0v) is 17.1. The Kier molecular flexibility index (Phi) is 4.34. The number of aromatic amines is 1. The summed E-state index contributed by atoms with van der Waals surface area (Å²) >= 11 is 0. The first-order valence-electron chi connectivity index (χ1n) is 10.7. The van der Waals surface area contributed by atoms with Gasteiger partial charge in [0.15, 0.2) is 5.82 Å². The van der Waals surface area contributed by atoms with Gasteiger partial charge in [-0.15, -0.1) is 0 Å². The summed E-state index contributed by atoms with van der Waals surface area (Å²) in [4.78, 5) is 24.8. The summed E-state index contributed by atoms with van der Waals surface area (Å²) in [6.45, 7) is 1.88. The van der Waals surface area contributed by atoms with E-state index in [1.54, 1.807) is 6.20 Å². The monoisotopic (exact) mass is 406 g/mol. The maximum Gasteiger partial charge on any atom is 0.163 e. The first kappa shape index (κ1) is 18.0. The van der Waals surface area contributed by atoms with Gasteiger partial charge in [-0.2, -0.15) is 0 Å². The molecule has 1 aliphatic heterocycles. The molecule has 152 valence electrons. The normalized spacial score (nSPS) is 15.0. The van der Waals surface area contributed by atoms with Crippen molar-refractivity contribution in [2.75, 3.05) is 18.0 Å². The highest BCUT2D eigenvalue weighted by molar-refractivity contribution is 5.91. The summed E-state index contributed by atoms with van der Waals surface area (Å²) in [5.41, 5.74) is 4.06. The van der Waals surface area contributed by atoms with Crippen LogP contribution < -0.4 is 4.90 Å². The number of pyridine rings is 1. The largest absolute Gasteiger partial charge is 0.356 e. The fraction of sp³-hybridized carbons (Fsp3) is 0.200. The van der Waals surface area contributed by atoms with Crippen LogP contribution in [0.1, 0.15) is 24.6 Å². The maximum absolute atomic E-state index is 4.98. The van der Waals surface area contributed by atoms with Crippen molar-refractivity contribution in [1.29, 1.82) is 0 Å². The quantitative estimate of drug-likeness (QED) is 0.459. The molecule has 0 unspecified atom stereocenters. The van der Waals surface area contributed by atoms with Crippen molar-refractivity contribution in [3.8, 4) is 11.4 Å². The van der Waals surface area contributed by atoms with Crippen LogP contribution in [-0.4, -0.2) is 38.0 Å². The number of hydrogen-bond donors (Lipinski definition) is 1. The summed E-state index contributed by atoms with van der Waals surface area (Å²) in [5.74, 6) is 3.27. The van der Waals surface area contributed by atoms with E-state index < -0.39 is 0 Å². The van der Waals surface area contributed by atoms with Crippen LogP contribution in [0.25, 0.3) is 33.3 Å². The molecule has 0 amide bonds. The van der Waals surface area contributed by atoms with Gasteiger partial charge >= 0.3 is 0 Å². The van der Waals surface area contributed by atoms with Gasteiger partial charge in [0, 0.05) is 42.4 Å². The molecule has 0 atom stereocenters. The zero-order valence-electron chi connectivity index (χ0n) is 17.1. The third kappa shape index (κ3) is 3.30. The van der Waals surface area contributed by atoms with E-state index in [4.69, 9.17) is 15.0 Å². The lowest BCUT2D eigenvalue weighted by atomic mass is 9.96. The second-order valence-corrected chi connectivity index (χ2v) is 8.03. The second-order valence-electron chi connectivity index (χ2n) is 8.03. The maximum atomic E-state index is 4.98. The molecule has 1 N–H and O–H groups in total. The molecule has 6 heteroatoms. The van der Waals surface area contributed by atoms with E-state index in [-0.39, 0.29) is 0 Å². The minimum absolute atomic E-state index is 0.439. The molecule has 1 aliphatic rings. The number of imidazole rings is 1. The predicted octanol–water partition coefficient (Wildman–Crippen LogP) is 4.95. The number of benzene rings is 2. The highest BCUT2D eigenvalue weighted by atomic mass is 15.2. The van der Waals surface area contributed by atoms with Gasteiger partial charge in [0.05, 0.1) is 16.6 Å². The van der Waals surface area contributed by atoms with Crippen molar-refractivity contribution in [2.45, 2.75) is 18.8 Å². The van der Waals surface area contributed by atoms with Crippen LogP contribution in [0.4, 0.5) is 5.82 Å². The fourth-order valence-corrected chi connectivity index (χ4v) is 4.46. The standard InChI is InChI=1S/C25H22N6/c1-2-8-20-19(7-1)25(30-24(27-20)18-6-5-13-26-16-18)31-14-11-17(12-15-31)23-28-21-9-3-4-10-22(21)29-23/h1-10,13,16-17H,11-12,14-15H2,(H,28,29). The van der Waals surface area contributed by atoms with E-state index in [2.05, 4.69) is 45.2 Å². The van der Waals surface area contributed by atoms with Crippen molar-refractivity contribution in [3.05, 3.63) is 78.9 Å². The molecule has 0 bridgehead atoms. The molecule has 0 radical (unpaired) electrons. The highest BCUT2D eigenvalue weighted by Crippen LogP contribution is 2.33.